The normalized spacial score (nSPS) is 11.0. The minimum absolute atomic E-state index is 0.290. The number of aryl methyl sites for hydroxylation is 1. The Morgan fingerprint density at radius 3 is 2.42 bits per heavy atom. The molecule has 0 saturated carbocycles. The maximum absolute atomic E-state index is 12.5. The van der Waals surface area contributed by atoms with Crippen molar-refractivity contribution in [2.45, 2.75) is 6.92 Å². The van der Waals surface area contributed by atoms with Gasteiger partial charge in [0.15, 0.2) is 0 Å². The molecule has 154 valence electrons. The zero-order valence-corrected chi connectivity index (χ0v) is 18.0. The molecule has 1 N–H and O–H groups in total. The third-order valence-corrected chi connectivity index (χ3v) is 6.16. The molecule has 1 aromatic heterocycles. The van der Waals surface area contributed by atoms with E-state index in [1.165, 1.54) is 17.6 Å². The Labute approximate surface area is 187 Å². The standard InChI is InChI=1S/C24H17ClN2O3S/c1-15-6-10-17(11-7-15)23(28)27-26-14-16-8-12-18(13-9-16)30-24(29)22-21(25)19-4-2-3-5-20(19)31-22/h2-14H,1H3,(H,27,28). The second-order valence-corrected chi connectivity index (χ2v) is 8.20. The average molecular weight is 449 g/mol. The molecule has 7 heteroatoms. The van der Waals surface area contributed by atoms with E-state index >= 15 is 0 Å². The summed E-state index contributed by atoms with van der Waals surface area (Å²) in [5.74, 6) is -0.403. The predicted molar refractivity (Wildman–Crippen MR) is 124 cm³/mol. The maximum atomic E-state index is 12.5. The lowest BCUT2D eigenvalue weighted by atomic mass is 10.1. The van der Waals surface area contributed by atoms with Gasteiger partial charge in [-0.3, -0.25) is 4.79 Å². The number of carbonyl (C=O) groups is 2. The van der Waals surface area contributed by atoms with Crippen LogP contribution in [0.5, 0.6) is 5.75 Å². The Hall–Kier alpha value is -3.48. The summed E-state index contributed by atoms with van der Waals surface area (Å²) in [7, 11) is 0. The van der Waals surface area contributed by atoms with Gasteiger partial charge in [-0.25, -0.2) is 10.2 Å². The van der Waals surface area contributed by atoms with Crippen molar-refractivity contribution in [1.82, 2.24) is 5.43 Å². The number of esters is 1. The van der Waals surface area contributed by atoms with Gasteiger partial charge in [0.2, 0.25) is 0 Å². The fraction of sp³-hybridized carbons (Fsp3) is 0.0417. The SMILES string of the molecule is Cc1ccc(C(=O)NN=Cc2ccc(OC(=O)c3sc4ccccc4c3Cl)cc2)cc1. The van der Waals surface area contributed by atoms with Gasteiger partial charge in [0.25, 0.3) is 5.91 Å². The van der Waals surface area contributed by atoms with Crippen LogP contribution in [0.3, 0.4) is 0 Å². The summed E-state index contributed by atoms with van der Waals surface area (Å²) in [6.07, 6.45) is 1.51. The van der Waals surface area contributed by atoms with E-state index in [2.05, 4.69) is 10.5 Å². The minimum atomic E-state index is -0.502. The molecule has 3 aromatic carbocycles. The zero-order valence-electron chi connectivity index (χ0n) is 16.5. The van der Waals surface area contributed by atoms with Crippen LogP contribution in [0.1, 0.15) is 31.2 Å². The van der Waals surface area contributed by atoms with E-state index in [4.69, 9.17) is 16.3 Å². The number of hydrazone groups is 1. The molecule has 0 saturated heterocycles. The summed E-state index contributed by atoms with van der Waals surface area (Å²) in [6, 6.07) is 21.5. The van der Waals surface area contributed by atoms with Crippen molar-refractivity contribution < 1.29 is 14.3 Å². The first-order valence-corrected chi connectivity index (χ1v) is 10.6. The van der Waals surface area contributed by atoms with E-state index in [0.29, 0.717) is 21.2 Å². The molecule has 0 unspecified atom stereocenters. The van der Waals surface area contributed by atoms with Gasteiger partial charge in [0, 0.05) is 15.6 Å². The van der Waals surface area contributed by atoms with Gasteiger partial charge < -0.3 is 4.74 Å². The smallest absolute Gasteiger partial charge is 0.355 e. The van der Waals surface area contributed by atoms with Crippen molar-refractivity contribution in [3.05, 3.63) is 99.4 Å². The van der Waals surface area contributed by atoms with E-state index in [1.807, 2.05) is 43.3 Å². The maximum Gasteiger partial charge on any atom is 0.355 e. The van der Waals surface area contributed by atoms with Crippen molar-refractivity contribution in [3.8, 4) is 5.75 Å². The summed E-state index contributed by atoms with van der Waals surface area (Å²) >= 11 is 7.64. The number of benzene rings is 3. The van der Waals surface area contributed by atoms with Crippen LogP contribution < -0.4 is 10.2 Å². The quantitative estimate of drug-likeness (QED) is 0.180. The van der Waals surface area contributed by atoms with Gasteiger partial charge in [-0.1, -0.05) is 47.5 Å². The second-order valence-electron chi connectivity index (χ2n) is 6.77. The van der Waals surface area contributed by atoms with Crippen LogP contribution in [0, 0.1) is 6.92 Å². The Morgan fingerprint density at radius 2 is 1.71 bits per heavy atom. The molecule has 0 aliphatic carbocycles. The molecule has 0 atom stereocenters. The lowest BCUT2D eigenvalue weighted by molar-refractivity contribution is 0.0739. The first kappa shape index (κ1) is 20.8. The fourth-order valence-corrected chi connectivity index (χ4v) is 4.24. The summed E-state index contributed by atoms with van der Waals surface area (Å²) < 4.78 is 6.38. The number of nitrogens with one attached hydrogen (secondary N) is 1. The van der Waals surface area contributed by atoms with E-state index in [1.54, 1.807) is 36.4 Å². The van der Waals surface area contributed by atoms with Crippen LogP contribution in [-0.2, 0) is 0 Å². The van der Waals surface area contributed by atoms with Crippen LogP contribution >= 0.6 is 22.9 Å². The summed E-state index contributed by atoms with van der Waals surface area (Å²) in [4.78, 5) is 24.9. The predicted octanol–water partition coefficient (Wildman–Crippen LogP) is 5.85. The first-order valence-electron chi connectivity index (χ1n) is 9.40. The molecule has 1 amide bonds. The van der Waals surface area contributed by atoms with E-state index in [9.17, 15) is 9.59 Å². The van der Waals surface area contributed by atoms with Gasteiger partial charge in [-0.05, 0) is 55.0 Å². The molecule has 1 heterocycles. The highest BCUT2D eigenvalue weighted by atomic mass is 35.5. The van der Waals surface area contributed by atoms with Gasteiger partial charge in [-0.15, -0.1) is 11.3 Å². The van der Waals surface area contributed by atoms with Crippen molar-refractivity contribution in [2.24, 2.45) is 5.10 Å². The number of hydrogen-bond donors (Lipinski definition) is 1. The number of rotatable bonds is 5. The molecule has 4 rings (SSSR count). The van der Waals surface area contributed by atoms with Crippen LogP contribution in [-0.4, -0.2) is 18.1 Å². The number of fused-ring (bicyclic) bond motifs is 1. The van der Waals surface area contributed by atoms with E-state index in [0.717, 1.165) is 21.2 Å². The van der Waals surface area contributed by atoms with Gasteiger partial charge in [-0.2, -0.15) is 5.10 Å². The van der Waals surface area contributed by atoms with Crippen LogP contribution in [0.2, 0.25) is 5.02 Å². The molecule has 0 spiro atoms. The van der Waals surface area contributed by atoms with Crippen molar-refractivity contribution in [2.75, 3.05) is 0 Å². The number of ether oxygens (including phenoxy) is 1. The molecule has 0 bridgehead atoms. The van der Waals surface area contributed by atoms with Crippen LogP contribution in [0.4, 0.5) is 0 Å². The minimum Gasteiger partial charge on any atom is -0.422 e. The van der Waals surface area contributed by atoms with Crippen molar-refractivity contribution in [1.29, 1.82) is 0 Å². The lowest BCUT2D eigenvalue weighted by Crippen LogP contribution is -2.17. The number of hydrogen-bond acceptors (Lipinski definition) is 5. The summed E-state index contributed by atoms with van der Waals surface area (Å²) in [6.45, 7) is 1.96. The van der Waals surface area contributed by atoms with Crippen molar-refractivity contribution in [3.63, 3.8) is 0 Å². The first-order chi connectivity index (χ1) is 15.0. The number of nitrogens with zero attached hydrogens (tertiary/aromatic N) is 1. The highest BCUT2D eigenvalue weighted by Gasteiger charge is 2.18. The lowest BCUT2D eigenvalue weighted by Gasteiger charge is -2.04. The Balaban J connectivity index is 1.38. The van der Waals surface area contributed by atoms with Crippen molar-refractivity contribution >= 4 is 51.1 Å². The Morgan fingerprint density at radius 1 is 1.00 bits per heavy atom. The summed E-state index contributed by atoms with van der Waals surface area (Å²) in [5.41, 5.74) is 4.84. The highest BCUT2D eigenvalue weighted by molar-refractivity contribution is 7.21. The highest BCUT2D eigenvalue weighted by Crippen LogP contribution is 2.35. The molecule has 0 aliphatic rings. The topological polar surface area (TPSA) is 67.8 Å². The fourth-order valence-electron chi connectivity index (χ4n) is 2.86. The number of carbonyl (C=O) groups excluding carboxylic acids is 2. The van der Waals surface area contributed by atoms with Gasteiger partial charge in [0.1, 0.15) is 10.6 Å². The second kappa shape index (κ2) is 9.12. The van der Waals surface area contributed by atoms with E-state index in [-0.39, 0.29) is 5.91 Å². The third-order valence-electron chi connectivity index (χ3n) is 4.50. The van der Waals surface area contributed by atoms with Gasteiger partial charge in [0.05, 0.1) is 11.2 Å². The Kier molecular flexibility index (Phi) is 6.11. The van der Waals surface area contributed by atoms with Crippen LogP contribution in [0.15, 0.2) is 77.9 Å². The molecule has 0 radical (unpaired) electrons. The molecule has 0 fully saturated rings. The summed E-state index contributed by atoms with van der Waals surface area (Å²) in [5, 5.41) is 5.20. The number of amides is 1. The van der Waals surface area contributed by atoms with E-state index < -0.39 is 5.97 Å². The Bertz CT molecular complexity index is 1280. The molecule has 31 heavy (non-hydrogen) atoms. The monoisotopic (exact) mass is 448 g/mol. The molecule has 5 nitrogen and oxygen atoms in total. The van der Waals surface area contributed by atoms with Crippen LogP contribution in [0.25, 0.3) is 10.1 Å². The molecule has 4 aromatic rings. The van der Waals surface area contributed by atoms with Gasteiger partial charge >= 0.3 is 5.97 Å². The molecular formula is C24H17ClN2O3S. The molecular weight excluding hydrogens is 432 g/mol. The third kappa shape index (κ3) is 4.82. The molecule has 0 aliphatic heterocycles. The number of halogens is 1. The zero-order chi connectivity index (χ0) is 21.8. The largest absolute Gasteiger partial charge is 0.422 e. The number of thiophene rings is 1. The average Bonchev–Trinajstić information content (AvgIpc) is 3.12.